The van der Waals surface area contributed by atoms with Crippen LogP contribution in [0.1, 0.15) is 31.0 Å². The van der Waals surface area contributed by atoms with Gasteiger partial charge in [0.2, 0.25) is 5.95 Å². The summed E-state index contributed by atoms with van der Waals surface area (Å²) < 4.78 is 18.5. The van der Waals surface area contributed by atoms with Crippen LogP contribution in [-0.2, 0) is 16.1 Å². The minimum absolute atomic E-state index is 0.271. The average Bonchev–Trinajstić information content (AvgIpc) is 3.25. The van der Waals surface area contributed by atoms with Gasteiger partial charge in [-0.3, -0.25) is 0 Å². The second kappa shape index (κ2) is 9.32. The Morgan fingerprint density at radius 3 is 2.69 bits per heavy atom. The minimum atomic E-state index is -0.521. The summed E-state index contributed by atoms with van der Waals surface area (Å²) >= 11 is 5.95. The summed E-state index contributed by atoms with van der Waals surface area (Å²) in [5, 5.41) is 8.11. The van der Waals surface area contributed by atoms with Gasteiger partial charge >= 0.3 is 5.97 Å². The summed E-state index contributed by atoms with van der Waals surface area (Å²) in [6.45, 7) is 4.22. The minimum Gasteiger partial charge on any atom is -0.493 e. The van der Waals surface area contributed by atoms with Gasteiger partial charge in [0.1, 0.15) is 19.0 Å². The van der Waals surface area contributed by atoms with Crippen LogP contribution in [0.15, 0.2) is 60.1 Å². The molecule has 166 valence electrons. The quantitative estimate of drug-likeness (QED) is 0.530. The zero-order valence-electron chi connectivity index (χ0n) is 18.0. The van der Waals surface area contributed by atoms with E-state index in [-0.39, 0.29) is 6.61 Å². The lowest BCUT2D eigenvalue weighted by atomic mass is 9.95. The second-order valence-electron chi connectivity index (χ2n) is 7.14. The number of nitrogens with zero attached hydrogens (tertiary/aromatic N) is 3. The van der Waals surface area contributed by atoms with Crippen molar-refractivity contribution in [3.8, 4) is 11.5 Å². The van der Waals surface area contributed by atoms with Crippen LogP contribution in [0.4, 0.5) is 5.95 Å². The molecule has 3 aromatic rings. The van der Waals surface area contributed by atoms with E-state index in [4.69, 9.17) is 25.8 Å². The molecular formula is C23H23ClN4O4. The predicted molar refractivity (Wildman–Crippen MR) is 120 cm³/mol. The first-order valence-corrected chi connectivity index (χ1v) is 10.5. The number of aromatic nitrogens is 3. The van der Waals surface area contributed by atoms with E-state index in [1.807, 2.05) is 49.4 Å². The normalized spacial score (nSPS) is 15.1. The number of halogens is 1. The summed E-state index contributed by atoms with van der Waals surface area (Å²) in [7, 11) is 1.57. The molecule has 2 aromatic carbocycles. The number of fused-ring (bicyclic) bond motifs is 1. The second-order valence-corrected chi connectivity index (χ2v) is 7.58. The van der Waals surface area contributed by atoms with E-state index in [0.29, 0.717) is 40.3 Å². The summed E-state index contributed by atoms with van der Waals surface area (Å²) in [5.41, 5.74) is 2.89. The zero-order chi connectivity index (χ0) is 22.7. The smallest absolute Gasteiger partial charge is 0.338 e. The third-order valence-electron chi connectivity index (χ3n) is 5.10. The Balaban J connectivity index is 1.67. The van der Waals surface area contributed by atoms with Crippen molar-refractivity contribution in [3.05, 3.63) is 76.2 Å². The predicted octanol–water partition coefficient (Wildman–Crippen LogP) is 4.37. The molecular weight excluding hydrogens is 432 g/mol. The van der Waals surface area contributed by atoms with Crippen LogP contribution in [-0.4, -0.2) is 34.5 Å². The van der Waals surface area contributed by atoms with Crippen LogP contribution < -0.4 is 14.8 Å². The largest absolute Gasteiger partial charge is 0.493 e. The Kier molecular flexibility index (Phi) is 6.32. The molecule has 1 aliphatic rings. The van der Waals surface area contributed by atoms with Crippen LogP contribution in [0.2, 0.25) is 5.02 Å². The Morgan fingerprint density at radius 2 is 1.97 bits per heavy atom. The molecule has 8 nitrogen and oxygen atoms in total. The summed E-state index contributed by atoms with van der Waals surface area (Å²) in [6, 6.07) is 12.5. The lowest BCUT2D eigenvalue weighted by molar-refractivity contribution is -0.139. The van der Waals surface area contributed by atoms with Crippen molar-refractivity contribution in [2.75, 3.05) is 19.0 Å². The van der Waals surface area contributed by atoms with E-state index in [1.165, 1.54) is 6.33 Å². The molecule has 0 saturated carbocycles. The van der Waals surface area contributed by atoms with Crippen molar-refractivity contribution in [1.82, 2.24) is 14.8 Å². The monoisotopic (exact) mass is 454 g/mol. The van der Waals surface area contributed by atoms with E-state index in [9.17, 15) is 4.79 Å². The fourth-order valence-electron chi connectivity index (χ4n) is 3.59. The topological polar surface area (TPSA) is 87.5 Å². The molecule has 9 heteroatoms. The molecule has 1 aromatic heterocycles. The molecule has 4 rings (SSSR count). The number of hydrogen-bond acceptors (Lipinski definition) is 7. The number of carbonyl (C=O) groups is 1. The van der Waals surface area contributed by atoms with Crippen LogP contribution in [0.5, 0.6) is 11.5 Å². The number of benzene rings is 2. The summed E-state index contributed by atoms with van der Waals surface area (Å²) in [4.78, 5) is 17.0. The van der Waals surface area contributed by atoms with Gasteiger partial charge in [0, 0.05) is 10.7 Å². The fourth-order valence-corrected chi connectivity index (χ4v) is 3.71. The highest BCUT2D eigenvalue weighted by Gasteiger charge is 2.34. The average molecular weight is 455 g/mol. The fraction of sp³-hybridized carbons (Fsp3) is 0.261. The molecule has 0 saturated heterocycles. The summed E-state index contributed by atoms with van der Waals surface area (Å²) in [5.74, 6) is 1.25. The maximum atomic E-state index is 12.8. The molecule has 1 N–H and O–H groups in total. The molecule has 1 atom stereocenters. The van der Waals surface area contributed by atoms with E-state index in [0.717, 1.165) is 11.1 Å². The lowest BCUT2D eigenvalue weighted by Crippen LogP contribution is -2.29. The van der Waals surface area contributed by atoms with Gasteiger partial charge in [0.15, 0.2) is 11.5 Å². The van der Waals surface area contributed by atoms with Crippen LogP contribution in [0, 0.1) is 0 Å². The van der Waals surface area contributed by atoms with Crippen molar-refractivity contribution < 1.29 is 19.0 Å². The molecule has 32 heavy (non-hydrogen) atoms. The first-order valence-electron chi connectivity index (χ1n) is 10.1. The van der Waals surface area contributed by atoms with Crippen LogP contribution in [0.25, 0.3) is 0 Å². The maximum Gasteiger partial charge on any atom is 0.338 e. The van der Waals surface area contributed by atoms with Crippen molar-refractivity contribution in [3.63, 3.8) is 0 Å². The molecule has 0 radical (unpaired) electrons. The van der Waals surface area contributed by atoms with Crippen molar-refractivity contribution in [1.29, 1.82) is 0 Å². The number of hydrogen-bond donors (Lipinski definition) is 1. The molecule has 0 aliphatic carbocycles. The Labute approximate surface area is 190 Å². The SMILES string of the molecule is CCOC(=O)C1=C(C)Nc2ncnn2C1c1ccc(OCc2ccc(Cl)cc2)c(OC)c1. The molecule has 0 bridgehead atoms. The van der Waals surface area contributed by atoms with E-state index < -0.39 is 12.0 Å². The van der Waals surface area contributed by atoms with E-state index in [2.05, 4.69) is 15.4 Å². The van der Waals surface area contributed by atoms with Gasteiger partial charge in [0.05, 0.1) is 19.3 Å². The molecule has 0 fully saturated rings. The van der Waals surface area contributed by atoms with Crippen LogP contribution >= 0.6 is 11.6 Å². The number of methoxy groups -OCH3 is 1. The van der Waals surface area contributed by atoms with Gasteiger partial charge in [-0.25, -0.2) is 9.48 Å². The highest BCUT2D eigenvalue weighted by molar-refractivity contribution is 6.30. The number of ether oxygens (including phenoxy) is 3. The van der Waals surface area contributed by atoms with E-state index in [1.54, 1.807) is 18.7 Å². The van der Waals surface area contributed by atoms with Crippen molar-refractivity contribution in [2.45, 2.75) is 26.5 Å². The Morgan fingerprint density at radius 1 is 1.19 bits per heavy atom. The molecule has 1 unspecified atom stereocenters. The lowest BCUT2D eigenvalue weighted by Gasteiger charge is -2.28. The molecule has 2 heterocycles. The van der Waals surface area contributed by atoms with Gasteiger partial charge in [-0.15, -0.1) is 0 Å². The van der Waals surface area contributed by atoms with Gasteiger partial charge in [-0.05, 0) is 49.2 Å². The van der Waals surface area contributed by atoms with Gasteiger partial charge in [-0.1, -0.05) is 29.8 Å². The first kappa shape index (κ1) is 21.7. The standard InChI is InChI=1S/C23H23ClN4O4/c1-4-31-22(29)20-14(2)27-23-25-13-26-28(23)21(20)16-7-10-18(19(11-16)30-3)32-12-15-5-8-17(24)9-6-15/h5-11,13,21H,4,12H2,1-3H3,(H,25,26,27). The van der Waals surface area contributed by atoms with Crippen LogP contribution in [0.3, 0.4) is 0 Å². The molecule has 0 spiro atoms. The highest BCUT2D eigenvalue weighted by atomic mass is 35.5. The number of allylic oxidation sites excluding steroid dienone is 1. The third-order valence-corrected chi connectivity index (χ3v) is 5.35. The van der Waals surface area contributed by atoms with Crippen molar-refractivity contribution in [2.24, 2.45) is 0 Å². The molecule has 0 amide bonds. The van der Waals surface area contributed by atoms with Gasteiger partial charge < -0.3 is 19.5 Å². The number of esters is 1. The maximum absolute atomic E-state index is 12.8. The number of anilines is 1. The molecule has 1 aliphatic heterocycles. The Bertz CT molecular complexity index is 1160. The first-order chi connectivity index (χ1) is 15.5. The number of nitrogens with one attached hydrogen (secondary N) is 1. The summed E-state index contributed by atoms with van der Waals surface area (Å²) in [6.07, 6.45) is 1.44. The Hall–Kier alpha value is -3.52. The highest BCUT2D eigenvalue weighted by Crippen LogP contribution is 2.39. The van der Waals surface area contributed by atoms with Gasteiger partial charge in [0.25, 0.3) is 0 Å². The number of carbonyl (C=O) groups excluding carboxylic acids is 1. The van der Waals surface area contributed by atoms with E-state index >= 15 is 0 Å². The van der Waals surface area contributed by atoms with Gasteiger partial charge in [-0.2, -0.15) is 10.1 Å². The number of rotatable bonds is 7. The zero-order valence-corrected chi connectivity index (χ0v) is 18.7. The third kappa shape index (κ3) is 4.27. The van der Waals surface area contributed by atoms with Crippen molar-refractivity contribution >= 4 is 23.5 Å².